The second-order valence-corrected chi connectivity index (χ2v) is 18.5. The van der Waals surface area contributed by atoms with Gasteiger partial charge >= 0.3 is 0 Å². The maximum absolute atomic E-state index is 12.3. The van der Waals surface area contributed by atoms with E-state index in [4.69, 9.17) is 20.0 Å². The van der Waals surface area contributed by atoms with Crippen molar-refractivity contribution in [2.45, 2.75) is 26.3 Å². The van der Waals surface area contributed by atoms with Crippen LogP contribution in [0, 0.1) is 0 Å². The molecule has 6 heterocycles. The molecule has 24 heteroatoms. The van der Waals surface area contributed by atoms with E-state index in [2.05, 4.69) is 9.98 Å². The van der Waals surface area contributed by atoms with Crippen LogP contribution in [0.25, 0.3) is 21.5 Å². The van der Waals surface area contributed by atoms with Crippen molar-refractivity contribution in [3.8, 4) is 0 Å². The van der Waals surface area contributed by atoms with Crippen molar-refractivity contribution < 1.29 is 51.9 Å². The summed E-state index contributed by atoms with van der Waals surface area (Å²) in [6.07, 6.45) is 0. The molecule has 2 aromatic heterocycles. The molecule has 4 aliphatic rings. The van der Waals surface area contributed by atoms with E-state index in [9.17, 15) is 51.9 Å². The van der Waals surface area contributed by atoms with E-state index in [1.54, 1.807) is 0 Å². The highest BCUT2D eigenvalue weighted by molar-refractivity contribution is 7.86. The van der Waals surface area contributed by atoms with Gasteiger partial charge in [0.1, 0.15) is 59.6 Å². The van der Waals surface area contributed by atoms with E-state index in [1.807, 2.05) is 0 Å². The highest BCUT2D eigenvalue weighted by Crippen LogP contribution is 2.42. The van der Waals surface area contributed by atoms with Crippen LogP contribution in [0.1, 0.15) is 22.3 Å². The van der Waals surface area contributed by atoms with Crippen LogP contribution in [0.2, 0.25) is 0 Å². The number of benzene rings is 4. The molecule has 10 rings (SSSR count). The molecular weight excluding hydrogens is 829 g/mol. The van der Waals surface area contributed by atoms with Gasteiger partial charge in [-0.15, -0.1) is 0 Å². The van der Waals surface area contributed by atoms with Gasteiger partial charge in [-0.3, -0.25) is 13.7 Å². The zero-order valence-electron chi connectivity index (χ0n) is 27.8. The molecule has 0 amide bonds. The Kier molecular flexibility index (Phi) is 6.97. The van der Waals surface area contributed by atoms with Gasteiger partial charge in [-0.05, 0) is 72.8 Å². The lowest BCUT2D eigenvalue weighted by Crippen LogP contribution is -2.32. The monoisotopic (exact) mass is 843 g/mol. The molecule has 0 aliphatic carbocycles. The minimum absolute atomic E-state index is 0.0361. The van der Waals surface area contributed by atoms with Crippen LogP contribution in [-0.2, 0) is 47.1 Å². The van der Waals surface area contributed by atoms with E-state index < -0.39 is 60.1 Å². The van der Waals surface area contributed by atoms with E-state index >= 15 is 0 Å². The molecule has 1 N–H and O–H groups in total. The Morgan fingerprint density at radius 2 is 0.860 bits per heavy atom. The van der Waals surface area contributed by atoms with Gasteiger partial charge in [0.05, 0.1) is 19.6 Å². The molecule has 4 aromatic carbocycles. The van der Waals surface area contributed by atoms with Gasteiger partial charge < -0.3 is 13.7 Å². The second kappa shape index (κ2) is 11.3. The van der Waals surface area contributed by atoms with Crippen molar-refractivity contribution in [3.05, 3.63) is 106 Å². The van der Waals surface area contributed by atoms with E-state index in [0.29, 0.717) is 0 Å². The third-order valence-electron chi connectivity index (χ3n) is 9.63. The number of nitrogens with zero attached hydrogens (tertiary/aromatic N) is 8. The third-order valence-corrected chi connectivity index (χ3v) is 13.0. The lowest BCUT2D eigenvalue weighted by Gasteiger charge is -2.13. The summed E-state index contributed by atoms with van der Waals surface area (Å²) in [5.41, 5.74) is 0.499. The van der Waals surface area contributed by atoms with Crippen molar-refractivity contribution in [1.29, 1.82) is 0 Å². The number of hydrogen-bond acceptors (Lipinski definition) is 17. The van der Waals surface area contributed by atoms with Crippen molar-refractivity contribution >= 4 is 97.0 Å². The Hall–Kier alpha value is -6.12. The fraction of sp³-hybridized carbons (Fsp3) is 0.0303. The van der Waals surface area contributed by atoms with E-state index in [0.717, 1.165) is 48.5 Å². The molecule has 0 spiro atoms. The van der Waals surface area contributed by atoms with Crippen LogP contribution >= 0.6 is 0 Å². The molecular formula is C33H15N8O12S4-3. The summed E-state index contributed by atoms with van der Waals surface area (Å²) in [6, 6.07) is 13.8. The van der Waals surface area contributed by atoms with Crippen molar-refractivity contribution in [2.75, 3.05) is 0 Å². The van der Waals surface area contributed by atoms with Crippen molar-refractivity contribution in [1.82, 2.24) is 9.13 Å². The summed E-state index contributed by atoms with van der Waals surface area (Å²) in [6.45, 7) is -0.345. The van der Waals surface area contributed by atoms with Gasteiger partial charge in [0.2, 0.25) is 0 Å². The first-order chi connectivity index (χ1) is 26.7. The predicted octanol–water partition coefficient (Wildman–Crippen LogP) is 1.00. The highest BCUT2D eigenvalue weighted by atomic mass is 32.2. The van der Waals surface area contributed by atoms with E-state index in [-0.39, 0.29) is 96.4 Å². The fourth-order valence-corrected chi connectivity index (χ4v) is 9.10. The lowest BCUT2D eigenvalue weighted by atomic mass is 10.1. The third kappa shape index (κ3) is 5.37. The number of hydrogen-bond donors (Lipinski definition) is 1. The maximum Gasteiger partial charge on any atom is 0.294 e. The molecule has 0 saturated heterocycles. The molecule has 0 radical (unpaired) electrons. The molecule has 6 bridgehead atoms. The Morgan fingerprint density at radius 3 is 1.44 bits per heavy atom. The second-order valence-electron chi connectivity index (χ2n) is 12.9. The van der Waals surface area contributed by atoms with Crippen molar-refractivity contribution in [3.63, 3.8) is 0 Å². The number of amidine groups is 4. The van der Waals surface area contributed by atoms with Crippen molar-refractivity contribution in [2.24, 2.45) is 30.0 Å². The first-order valence-electron chi connectivity index (χ1n) is 16.0. The number of aliphatic imine (C=N–C) groups is 4. The number of rotatable bonds is 4. The van der Waals surface area contributed by atoms with Gasteiger partial charge in [-0.25, -0.2) is 55.2 Å². The van der Waals surface area contributed by atoms with Gasteiger partial charge in [-0.2, -0.15) is 8.42 Å². The lowest BCUT2D eigenvalue weighted by molar-refractivity contribution is 0.461. The largest absolute Gasteiger partial charge is 0.744 e. The molecule has 0 atom stereocenters. The van der Waals surface area contributed by atoms with Crippen LogP contribution < -0.4 is 11.0 Å². The smallest absolute Gasteiger partial charge is 0.294 e. The zero-order chi connectivity index (χ0) is 40.1. The minimum atomic E-state index is -5.06. The number of fused-ring (bicyclic) bond motifs is 14. The van der Waals surface area contributed by atoms with E-state index in [1.165, 1.54) is 33.4 Å². The molecule has 20 nitrogen and oxygen atoms in total. The molecule has 6 aromatic rings. The zero-order valence-corrected chi connectivity index (χ0v) is 31.0. The quantitative estimate of drug-likeness (QED) is 0.243. The molecule has 0 saturated carbocycles. The van der Waals surface area contributed by atoms with Crippen LogP contribution in [0.15, 0.2) is 122 Å². The first-order valence-corrected chi connectivity index (χ1v) is 21.7. The SMILES string of the molecule is O=S(=O)([O-])c1ccc2c(c1)C1=NC2=Nc2c3ccc(S(=O)(=O)[O-])cc3c3n2Cn2c(c4ccc(S(=O)(=O)[O-])cc4c2=N1)=NC1=NC(=N3)c2cc(S(=O)(=O)O)ccc21. The molecule has 4 aliphatic heterocycles. The van der Waals surface area contributed by atoms with Crippen LogP contribution in [0.4, 0.5) is 11.6 Å². The maximum atomic E-state index is 12.3. The average Bonchev–Trinajstić information content (AvgIpc) is 3.82. The minimum Gasteiger partial charge on any atom is -0.744 e. The standard InChI is InChI=1S/C33H18N8O12S4/c42-54(43,44)14-1-5-18-22(9-14)28-34-26(18)36-30-20-7-3-16(56(48,49)50)11-24(20)33-39-29-23-10-15(55(45,46)47)2-6-19(23)27(35-29)37-31-21-8-4-17(57(51,52)53)12-25(21)32(38-28)41(31)13-40(30)33/h1-12H,13H2,(H,42,43,44)(H,45,46,47)(H,48,49,50)(H,51,52,53)/p-3. The fourth-order valence-electron chi connectivity index (χ4n) is 7.10. The Bertz CT molecular complexity index is 3720. The van der Waals surface area contributed by atoms with Gasteiger partial charge in [0, 0.05) is 43.8 Å². The Balaban J connectivity index is 1.44. The van der Waals surface area contributed by atoms with Gasteiger partial charge in [-0.1, -0.05) is 0 Å². The summed E-state index contributed by atoms with van der Waals surface area (Å²) in [4.78, 5) is 25.9. The molecule has 0 fully saturated rings. The van der Waals surface area contributed by atoms with Crippen LogP contribution in [0.3, 0.4) is 0 Å². The normalized spacial score (nSPS) is 15.9. The Morgan fingerprint density at radius 1 is 0.439 bits per heavy atom. The first kappa shape index (κ1) is 35.3. The van der Waals surface area contributed by atoms with Gasteiger partial charge in [0.25, 0.3) is 10.1 Å². The summed E-state index contributed by atoms with van der Waals surface area (Å²) < 4.78 is 148. The predicted molar refractivity (Wildman–Crippen MR) is 194 cm³/mol. The number of aromatic nitrogens is 2. The summed E-state index contributed by atoms with van der Waals surface area (Å²) in [5.74, 6) is -0.467. The highest BCUT2D eigenvalue weighted by Gasteiger charge is 2.31. The van der Waals surface area contributed by atoms with Gasteiger partial charge in [0.15, 0.2) is 23.3 Å². The average molecular weight is 844 g/mol. The summed E-state index contributed by atoms with van der Waals surface area (Å²) in [5, 5.41) is 0.494. The van der Waals surface area contributed by atoms with Crippen LogP contribution in [-0.4, -0.2) is 84.4 Å². The van der Waals surface area contributed by atoms with Crippen LogP contribution in [0.5, 0.6) is 0 Å². The Labute approximate surface area is 318 Å². The topological polar surface area (TPSA) is 310 Å². The molecule has 286 valence electrons. The summed E-state index contributed by atoms with van der Waals surface area (Å²) in [7, 11) is -19.9. The summed E-state index contributed by atoms with van der Waals surface area (Å²) >= 11 is 0. The molecule has 0 unspecified atom stereocenters. The molecule has 57 heavy (non-hydrogen) atoms.